The normalized spacial score (nSPS) is 10.5. The summed E-state index contributed by atoms with van der Waals surface area (Å²) in [6, 6.07) is 12.1. The summed E-state index contributed by atoms with van der Waals surface area (Å²) >= 11 is 0. The Labute approximate surface area is 91.2 Å². The van der Waals surface area contributed by atoms with Gasteiger partial charge in [-0.05, 0) is 38.3 Å². The number of pyridine rings is 2. The summed E-state index contributed by atoms with van der Waals surface area (Å²) < 4.78 is 0. The van der Waals surface area contributed by atoms with Gasteiger partial charge in [0.15, 0.2) is 0 Å². The lowest BCUT2D eigenvalue weighted by molar-refractivity contribution is 1.35. The van der Waals surface area contributed by atoms with Gasteiger partial charge in [0, 0.05) is 12.4 Å². The van der Waals surface area contributed by atoms with Gasteiger partial charge in [0.05, 0.1) is 10.9 Å². The average molecular weight is 216 g/mol. The molecule has 0 fully saturated rings. The molecule has 0 unspecified atom stereocenters. The Hall–Kier alpha value is -1.27. The molecule has 0 aliphatic heterocycles. The van der Waals surface area contributed by atoms with Gasteiger partial charge < -0.3 is 0 Å². The first-order valence-corrected chi connectivity index (χ1v) is 6.54. The quantitative estimate of drug-likeness (QED) is 0.733. The van der Waals surface area contributed by atoms with E-state index in [-0.39, 0.29) is 7.92 Å². The maximum atomic E-state index is 4.42. The van der Waals surface area contributed by atoms with Crippen LogP contribution in [0.3, 0.4) is 0 Å². The molecule has 0 N–H and O–H groups in total. The van der Waals surface area contributed by atoms with Crippen LogP contribution in [0.15, 0.2) is 48.8 Å². The fourth-order valence-corrected chi connectivity index (χ4v) is 3.30. The fraction of sp³-hybridized carbons (Fsp3) is 0.167. The Morgan fingerprint density at radius 3 is 1.80 bits per heavy atom. The number of aromatic nitrogens is 2. The highest BCUT2D eigenvalue weighted by molar-refractivity contribution is 7.72. The van der Waals surface area contributed by atoms with Crippen molar-refractivity contribution in [2.45, 2.75) is 6.92 Å². The third-order valence-electron chi connectivity index (χ3n) is 2.17. The smallest absolute Gasteiger partial charge is 0.0691 e. The number of nitrogens with zero attached hydrogens (tertiary/aromatic N) is 2. The molecule has 2 nitrogen and oxygen atoms in total. The van der Waals surface area contributed by atoms with Gasteiger partial charge in [-0.2, -0.15) is 0 Å². The van der Waals surface area contributed by atoms with E-state index in [0.29, 0.717) is 0 Å². The van der Waals surface area contributed by atoms with Crippen molar-refractivity contribution in [3.8, 4) is 0 Å². The van der Waals surface area contributed by atoms with Crippen molar-refractivity contribution in [2.24, 2.45) is 0 Å². The van der Waals surface area contributed by atoms with E-state index in [1.165, 1.54) is 0 Å². The second-order valence-corrected chi connectivity index (χ2v) is 5.53. The van der Waals surface area contributed by atoms with E-state index >= 15 is 0 Å². The molecule has 0 aliphatic rings. The van der Waals surface area contributed by atoms with Crippen LogP contribution in [0, 0.1) is 0 Å². The van der Waals surface area contributed by atoms with E-state index in [0.717, 1.165) is 17.0 Å². The van der Waals surface area contributed by atoms with Crippen molar-refractivity contribution in [2.75, 3.05) is 6.16 Å². The molecule has 0 aromatic carbocycles. The predicted octanol–water partition coefficient (Wildman–Crippen LogP) is 1.93. The lowest BCUT2D eigenvalue weighted by atomic mass is 10.5. The Morgan fingerprint density at radius 1 is 0.933 bits per heavy atom. The molecule has 0 saturated carbocycles. The molecule has 2 aromatic heterocycles. The minimum atomic E-state index is -0.371. The third kappa shape index (κ3) is 2.40. The van der Waals surface area contributed by atoms with Gasteiger partial charge in [0.1, 0.15) is 0 Å². The molecule has 0 atom stereocenters. The summed E-state index contributed by atoms with van der Waals surface area (Å²) in [5.41, 5.74) is 2.32. The van der Waals surface area contributed by atoms with Gasteiger partial charge >= 0.3 is 0 Å². The molecule has 0 spiro atoms. The van der Waals surface area contributed by atoms with Gasteiger partial charge in [-0.1, -0.05) is 19.1 Å². The zero-order valence-corrected chi connectivity index (χ0v) is 9.56. The van der Waals surface area contributed by atoms with Gasteiger partial charge in [-0.25, -0.2) is 0 Å². The van der Waals surface area contributed by atoms with Crippen LogP contribution in [0.25, 0.3) is 0 Å². The first-order chi connectivity index (χ1) is 7.42. The number of hydrogen-bond acceptors (Lipinski definition) is 2. The first-order valence-electron chi connectivity index (χ1n) is 5.01. The van der Waals surface area contributed by atoms with Crippen LogP contribution in [-0.4, -0.2) is 16.1 Å². The molecule has 3 heteroatoms. The van der Waals surface area contributed by atoms with Crippen molar-refractivity contribution in [1.29, 1.82) is 0 Å². The second kappa shape index (κ2) is 4.99. The monoisotopic (exact) mass is 216 g/mol. The van der Waals surface area contributed by atoms with Crippen LogP contribution in [0.2, 0.25) is 0 Å². The van der Waals surface area contributed by atoms with Gasteiger partial charge in [0.25, 0.3) is 0 Å². The summed E-state index contributed by atoms with van der Waals surface area (Å²) in [6.45, 7) is 2.19. The average Bonchev–Trinajstić information content (AvgIpc) is 2.33. The van der Waals surface area contributed by atoms with Crippen LogP contribution in [0.4, 0.5) is 0 Å². The largest absolute Gasteiger partial charge is 0.256 e. The lowest BCUT2D eigenvalue weighted by Gasteiger charge is -2.13. The molecule has 0 bridgehead atoms. The van der Waals surface area contributed by atoms with Crippen LogP contribution >= 0.6 is 7.92 Å². The van der Waals surface area contributed by atoms with E-state index in [4.69, 9.17) is 0 Å². The summed E-state index contributed by atoms with van der Waals surface area (Å²) in [6.07, 6.45) is 4.79. The zero-order chi connectivity index (χ0) is 10.5. The first kappa shape index (κ1) is 10.3. The van der Waals surface area contributed by atoms with Crippen LogP contribution in [-0.2, 0) is 0 Å². The Kier molecular flexibility index (Phi) is 3.41. The van der Waals surface area contributed by atoms with Gasteiger partial charge in [-0.3, -0.25) is 9.97 Å². The fourth-order valence-electron chi connectivity index (χ4n) is 1.47. The zero-order valence-electron chi connectivity index (χ0n) is 8.67. The Balaban J connectivity index is 2.34. The maximum absolute atomic E-state index is 4.42. The van der Waals surface area contributed by atoms with E-state index < -0.39 is 0 Å². The molecule has 0 aliphatic carbocycles. The topological polar surface area (TPSA) is 25.8 Å². The predicted molar refractivity (Wildman–Crippen MR) is 65.2 cm³/mol. The molecule has 2 heterocycles. The standard InChI is InChI=1S/C12H13N2P/c1-2-15(11-7-3-5-9-13-11)12-8-4-6-10-14-12/h3-10H,2H2,1H3. The summed E-state index contributed by atoms with van der Waals surface area (Å²) in [5.74, 6) is 0. The minimum Gasteiger partial charge on any atom is -0.256 e. The molecule has 15 heavy (non-hydrogen) atoms. The van der Waals surface area contributed by atoms with Crippen LogP contribution < -0.4 is 10.9 Å². The van der Waals surface area contributed by atoms with E-state index in [2.05, 4.69) is 29.0 Å². The molecular weight excluding hydrogens is 203 g/mol. The van der Waals surface area contributed by atoms with E-state index in [9.17, 15) is 0 Å². The Bertz CT molecular complexity index is 363. The van der Waals surface area contributed by atoms with Gasteiger partial charge in [-0.15, -0.1) is 0 Å². The van der Waals surface area contributed by atoms with Crippen molar-refractivity contribution >= 4 is 18.8 Å². The molecule has 0 radical (unpaired) electrons. The van der Waals surface area contributed by atoms with Crippen LogP contribution in [0.1, 0.15) is 6.92 Å². The minimum absolute atomic E-state index is 0.371. The lowest BCUT2D eigenvalue weighted by Crippen LogP contribution is -2.17. The van der Waals surface area contributed by atoms with Crippen LogP contribution in [0.5, 0.6) is 0 Å². The molecule has 2 aromatic rings. The molecule has 76 valence electrons. The van der Waals surface area contributed by atoms with E-state index in [1.54, 1.807) is 0 Å². The molecule has 0 amide bonds. The molecule has 2 rings (SSSR count). The third-order valence-corrected chi connectivity index (χ3v) is 4.44. The summed E-state index contributed by atoms with van der Waals surface area (Å²) in [5, 5.41) is 0. The van der Waals surface area contributed by atoms with Crippen molar-refractivity contribution < 1.29 is 0 Å². The number of rotatable bonds is 3. The SMILES string of the molecule is CCP(c1ccccn1)c1ccccn1. The second-order valence-electron chi connectivity index (χ2n) is 3.12. The van der Waals surface area contributed by atoms with Crippen molar-refractivity contribution in [3.05, 3.63) is 48.8 Å². The van der Waals surface area contributed by atoms with E-state index in [1.807, 2.05) is 36.7 Å². The highest BCUT2D eigenvalue weighted by Crippen LogP contribution is 2.30. The molecule has 0 saturated heterocycles. The highest BCUT2D eigenvalue weighted by Gasteiger charge is 2.12. The molecular formula is C12H13N2P. The van der Waals surface area contributed by atoms with Gasteiger partial charge in [0.2, 0.25) is 0 Å². The summed E-state index contributed by atoms with van der Waals surface area (Å²) in [7, 11) is -0.371. The maximum Gasteiger partial charge on any atom is 0.0691 e. The highest BCUT2D eigenvalue weighted by atomic mass is 31.1. The van der Waals surface area contributed by atoms with Crippen molar-refractivity contribution in [1.82, 2.24) is 9.97 Å². The number of hydrogen-bond donors (Lipinski definition) is 0. The summed E-state index contributed by atoms with van der Waals surface area (Å²) in [4.78, 5) is 8.83. The Morgan fingerprint density at radius 2 is 1.47 bits per heavy atom. The van der Waals surface area contributed by atoms with Crippen molar-refractivity contribution in [3.63, 3.8) is 0 Å².